The Balaban J connectivity index is 2.38. The summed E-state index contributed by atoms with van der Waals surface area (Å²) in [6.45, 7) is 0. The van der Waals surface area contributed by atoms with Crippen molar-refractivity contribution in [1.82, 2.24) is 0 Å². The number of aromatic carboxylic acids is 1. The zero-order valence-corrected chi connectivity index (χ0v) is 11.0. The van der Waals surface area contributed by atoms with Crippen molar-refractivity contribution in [2.45, 2.75) is 0 Å². The molecule has 0 aliphatic heterocycles. The van der Waals surface area contributed by atoms with Crippen molar-refractivity contribution in [2.75, 3.05) is 11.9 Å². The number of hydrogen-bond donors (Lipinski definition) is 1. The van der Waals surface area contributed by atoms with Gasteiger partial charge in [0, 0.05) is 12.6 Å². The van der Waals surface area contributed by atoms with Crippen LogP contribution in [0.4, 0.5) is 14.5 Å². The van der Waals surface area contributed by atoms with Crippen molar-refractivity contribution in [1.29, 1.82) is 0 Å². The van der Waals surface area contributed by atoms with Gasteiger partial charge in [0.2, 0.25) is 0 Å². The molecular formula is C15H11F2NO3. The maximum absolute atomic E-state index is 14.1. The molecule has 0 heterocycles. The number of nitrogens with zero attached hydrogens (tertiary/aromatic N) is 1. The summed E-state index contributed by atoms with van der Waals surface area (Å²) in [4.78, 5) is 24.0. The van der Waals surface area contributed by atoms with Crippen LogP contribution in [0.25, 0.3) is 0 Å². The maximum Gasteiger partial charge on any atom is 0.338 e. The Hall–Kier alpha value is -2.76. The molecule has 2 aromatic carbocycles. The Labute approximate surface area is 119 Å². The van der Waals surface area contributed by atoms with Crippen LogP contribution >= 0.6 is 0 Å². The van der Waals surface area contributed by atoms with Gasteiger partial charge in [-0.3, -0.25) is 4.79 Å². The molecule has 0 atom stereocenters. The summed E-state index contributed by atoms with van der Waals surface area (Å²) >= 11 is 0. The number of rotatable bonds is 3. The minimum absolute atomic E-state index is 0.163. The van der Waals surface area contributed by atoms with E-state index in [2.05, 4.69) is 0 Å². The van der Waals surface area contributed by atoms with Crippen LogP contribution in [0.2, 0.25) is 0 Å². The molecule has 6 heteroatoms. The smallest absolute Gasteiger partial charge is 0.338 e. The first-order chi connectivity index (χ1) is 9.91. The Morgan fingerprint density at radius 2 is 1.67 bits per heavy atom. The molecule has 0 spiro atoms. The molecule has 1 N–H and O–H groups in total. The summed E-state index contributed by atoms with van der Waals surface area (Å²) in [5, 5.41) is 8.87. The highest BCUT2D eigenvalue weighted by atomic mass is 19.1. The summed E-state index contributed by atoms with van der Waals surface area (Å²) in [6.07, 6.45) is 0. The highest BCUT2D eigenvalue weighted by molar-refractivity contribution is 6.06. The quantitative estimate of drug-likeness (QED) is 0.946. The number of anilines is 1. The molecule has 0 aliphatic rings. The van der Waals surface area contributed by atoms with E-state index >= 15 is 0 Å². The van der Waals surface area contributed by atoms with Crippen molar-refractivity contribution < 1.29 is 23.5 Å². The zero-order chi connectivity index (χ0) is 15.6. The summed E-state index contributed by atoms with van der Waals surface area (Å²) in [7, 11) is 1.32. The lowest BCUT2D eigenvalue weighted by Crippen LogP contribution is -2.27. The molecule has 0 radical (unpaired) electrons. The molecule has 2 aromatic rings. The molecule has 21 heavy (non-hydrogen) atoms. The maximum atomic E-state index is 14.1. The van der Waals surface area contributed by atoms with Crippen LogP contribution in [0.1, 0.15) is 20.7 Å². The van der Waals surface area contributed by atoms with Gasteiger partial charge in [-0.2, -0.15) is 0 Å². The van der Waals surface area contributed by atoms with Crippen LogP contribution in [-0.4, -0.2) is 24.0 Å². The molecular weight excluding hydrogens is 280 g/mol. The number of carboxylic acids is 1. The predicted octanol–water partition coefficient (Wildman–Crippen LogP) is 2.94. The highest BCUT2D eigenvalue weighted by Gasteiger charge is 2.20. The van der Waals surface area contributed by atoms with Crippen molar-refractivity contribution in [3.8, 4) is 0 Å². The van der Waals surface area contributed by atoms with Gasteiger partial charge in [0.1, 0.15) is 5.82 Å². The number of amides is 1. The van der Waals surface area contributed by atoms with E-state index in [1.165, 1.54) is 31.3 Å². The van der Waals surface area contributed by atoms with Crippen LogP contribution in [0.5, 0.6) is 0 Å². The molecule has 2 rings (SSSR count). The van der Waals surface area contributed by atoms with Gasteiger partial charge in [-0.15, -0.1) is 0 Å². The van der Waals surface area contributed by atoms with Gasteiger partial charge < -0.3 is 10.0 Å². The van der Waals surface area contributed by atoms with Gasteiger partial charge in [-0.25, -0.2) is 13.6 Å². The van der Waals surface area contributed by atoms with E-state index in [0.717, 1.165) is 23.1 Å². The van der Waals surface area contributed by atoms with Crippen LogP contribution in [0.15, 0.2) is 42.5 Å². The summed E-state index contributed by atoms with van der Waals surface area (Å²) in [5.74, 6) is -3.48. The normalized spacial score (nSPS) is 10.2. The van der Waals surface area contributed by atoms with E-state index in [0.29, 0.717) is 0 Å². The van der Waals surface area contributed by atoms with Crippen LogP contribution in [0.3, 0.4) is 0 Å². The zero-order valence-electron chi connectivity index (χ0n) is 11.0. The standard InChI is InChI=1S/C15H11F2NO3/c1-18(14(19)9-5-7-10(16)8-6-9)12-4-2-3-11(13(12)17)15(20)21/h2-8H,1H3,(H,20,21). The van der Waals surface area contributed by atoms with Gasteiger partial charge in [-0.05, 0) is 36.4 Å². The van der Waals surface area contributed by atoms with Crippen LogP contribution in [0, 0.1) is 11.6 Å². The largest absolute Gasteiger partial charge is 0.478 e. The average molecular weight is 291 g/mol. The van der Waals surface area contributed by atoms with E-state index in [1.807, 2.05) is 0 Å². The van der Waals surface area contributed by atoms with Crippen molar-refractivity contribution in [3.05, 3.63) is 65.2 Å². The minimum atomic E-state index is -1.42. The Kier molecular flexibility index (Phi) is 3.98. The van der Waals surface area contributed by atoms with Gasteiger partial charge in [0.15, 0.2) is 5.82 Å². The number of hydrogen-bond acceptors (Lipinski definition) is 2. The molecule has 0 fully saturated rings. The van der Waals surface area contributed by atoms with Gasteiger partial charge >= 0.3 is 5.97 Å². The molecule has 0 unspecified atom stereocenters. The van der Waals surface area contributed by atoms with Crippen molar-refractivity contribution in [3.63, 3.8) is 0 Å². The number of halogens is 2. The molecule has 1 amide bonds. The molecule has 0 aliphatic carbocycles. The third kappa shape index (κ3) is 2.89. The van der Waals surface area contributed by atoms with Crippen molar-refractivity contribution >= 4 is 17.6 Å². The number of benzene rings is 2. The summed E-state index contributed by atoms with van der Waals surface area (Å²) in [6, 6.07) is 8.52. The molecule has 0 bridgehead atoms. The topological polar surface area (TPSA) is 57.6 Å². The van der Waals surface area contributed by atoms with Gasteiger partial charge in [-0.1, -0.05) is 6.07 Å². The second-order valence-corrected chi connectivity index (χ2v) is 4.31. The summed E-state index contributed by atoms with van der Waals surface area (Å²) in [5.41, 5.74) is -0.519. The molecule has 0 aromatic heterocycles. The number of carbonyl (C=O) groups excluding carboxylic acids is 1. The summed E-state index contributed by atoms with van der Waals surface area (Å²) < 4.78 is 26.9. The third-order valence-electron chi connectivity index (χ3n) is 2.97. The van der Waals surface area contributed by atoms with E-state index in [-0.39, 0.29) is 11.3 Å². The lowest BCUT2D eigenvalue weighted by atomic mass is 10.1. The first kappa shape index (κ1) is 14.6. The molecule has 108 valence electrons. The monoisotopic (exact) mass is 291 g/mol. The second-order valence-electron chi connectivity index (χ2n) is 4.31. The first-order valence-corrected chi connectivity index (χ1v) is 5.97. The van der Waals surface area contributed by atoms with Gasteiger partial charge in [0.25, 0.3) is 5.91 Å². The lowest BCUT2D eigenvalue weighted by Gasteiger charge is -2.18. The average Bonchev–Trinajstić information content (AvgIpc) is 2.46. The second kappa shape index (κ2) is 5.70. The lowest BCUT2D eigenvalue weighted by molar-refractivity contribution is 0.0691. The fourth-order valence-corrected chi connectivity index (χ4v) is 1.84. The Morgan fingerprint density at radius 3 is 2.24 bits per heavy atom. The molecule has 4 nitrogen and oxygen atoms in total. The van der Waals surface area contributed by atoms with E-state index in [1.54, 1.807) is 0 Å². The van der Waals surface area contributed by atoms with E-state index in [4.69, 9.17) is 5.11 Å². The van der Waals surface area contributed by atoms with E-state index in [9.17, 15) is 18.4 Å². The Bertz CT molecular complexity index is 699. The molecule has 0 saturated carbocycles. The number of carbonyl (C=O) groups is 2. The highest BCUT2D eigenvalue weighted by Crippen LogP contribution is 2.23. The first-order valence-electron chi connectivity index (χ1n) is 5.97. The van der Waals surface area contributed by atoms with Crippen LogP contribution in [-0.2, 0) is 0 Å². The number of carboxylic acid groups (broad SMARTS) is 1. The van der Waals surface area contributed by atoms with Gasteiger partial charge in [0.05, 0.1) is 11.3 Å². The van der Waals surface area contributed by atoms with E-state index < -0.39 is 29.1 Å². The minimum Gasteiger partial charge on any atom is -0.478 e. The Morgan fingerprint density at radius 1 is 1.05 bits per heavy atom. The predicted molar refractivity (Wildman–Crippen MR) is 72.5 cm³/mol. The fraction of sp³-hybridized carbons (Fsp3) is 0.0667. The SMILES string of the molecule is CN(C(=O)c1ccc(F)cc1)c1cccc(C(=O)O)c1F. The van der Waals surface area contributed by atoms with Crippen molar-refractivity contribution in [2.24, 2.45) is 0 Å². The fourth-order valence-electron chi connectivity index (χ4n) is 1.84. The molecule has 0 saturated heterocycles. The van der Waals surface area contributed by atoms with Crippen LogP contribution < -0.4 is 4.90 Å². The third-order valence-corrected chi connectivity index (χ3v) is 2.97.